The summed E-state index contributed by atoms with van der Waals surface area (Å²) in [5, 5.41) is 18.6. The molecular formula is C15H15FO2S. The van der Waals surface area contributed by atoms with E-state index in [0.29, 0.717) is 6.42 Å². The molecule has 2 N–H and O–H groups in total. The number of phenolic OH excluding ortho intramolecular Hbond substituents is 1. The molecule has 0 heterocycles. The first-order chi connectivity index (χ1) is 9.06. The van der Waals surface area contributed by atoms with Crippen LogP contribution in [0.2, 0.25) is 0 Å². The molecule has 0 fully saturated rings. The highest BCUT2D eigenvalue weighted by atomic mass is 32.2. The Labute approximate surface area is 116 Å². The quantitative estimate of drug-likeness (QED) is 0.800. The number of hydrogen-bond donors (Lipinski definition) is 2. The Bertz CT molecular complexity index is 544. The van der Waals surface area contributed by atoms with Crippen molar-refractivity contribution in [3.63, 3.8) is 0 Å². The molecule has 1 aromatic rings. The Morgan fingerprint density at radius 3 is 2.58 bits per heavy atom. The number of thioether (sulfide) groups is 1. The highest BCUT2D eigenvalue weighted by Gasteiger charge is 2.13. The van der Waals surface area contributed by atoms with Gasteiger partial charge in [-0.1, -0.05) is 11.6 Å². The molecule has 2 rings (SSSR count). The van der Waals surface area contributed by atoms with E-state index in [1.165, 1.54) is 12.2 Å². The fraction of sp³-hybridized carbons (Fsp3) is 0.200. The Hall–Kier alpha value is -1.68. The van der Waals surface area contributed by atoms with Crippen LogP contribution >= 0.6 is 11.8 Å². The summed E-state index contributed by atoms with van der Waals surface area (Å²) in [5.74, 6) is -0.689. The van der Waals surface area contributed by atoms with Crippen molar-refractivity contribution < 1.29 is 14.6 Å². The summed E-state index contributed by atoms with van der Waals surface area (Å²) in [6.07, 6.45) is 5.15. The summed E-state index contributed by atoms with van der Waals surface area (Å²) in [4.78, 5) is 1.01. The monoisotopic (exact) mass is 278 g/mol. The maximum atomic E-state index is 13.5. The molecule has 2 nitrogen and oxygen atoms in total. The summed E-state index contributed by atoms with van der Waals surface area (Å²) >= 11 is 1.59. The second kappa shape index (κ2) is 5.97. The van der Waals surface area contributed by atoms with Gasteiger partial charge < -0.3 is 10.2 Å². The molecule has 19 heavy (non-hydrogen) atoms. The Morgan fingerprint density at radius 2 is 1.89 bits per heavy atom. The van der Waals surface area contributed by atoms with Crippen LogP contribution in [-0.2, 0) is 0 Å². The van der Waals surface area contributed by atoms with Crippen molar-refractivity contribution in [2.24, 2.45) is 0 Å². The Morgan fingerprint density at radius 1 is 1.21 bits per heavy atom. The zero-order valence-electron chi connectivity index (χ0n) is 10.5. The largest absolute Gasteiger partial charge is 0.508 e. The van der Waals surface area contributed by atoms with E-state index in [-0.39, 0.29) is 16.8 Å². The third kappa shape index (κ3) is 3.64. The van der Waals surface area contributed by atoms with Gasteiger partial charge >= 0.3 is 0 Å². The molecule has 0 radical (unpaired) electrons. The number of benzene rings is 1. The van der Waals surface area contributed by atoms with Gasteiger partial charge in [0, 0.05) is 10.1 Å². The van der Waals surface area contributed by atoms with E-state index in [4.69, 9.17) is 0 Å². The molecule has 0 saturated heterocycles. The van der Waals surface area contributed by atoms with Crippen molar-refractivity contribution in [2.45, 2.75) is 23.5 Å². The van der Waals surface area contributed by atoms with E-state index < -0.39 is 5.83 Å². The maximum absolute atomic E-state index is 13.5. The molecule has 0 aliphatic heterocycles. The number of hydrogen-bond acceptors (Lipinski definition) is 3. The second-order valence-corrected chi connectivity index (χ2v) is 5.73. The van der Waals surface area contributed by atoms with Crippen LogP contribution in [0.4, 0.5) is 4.39 Å². The van der Waals surface area contributed by atoms with Gasteiger partial charge in [-0.25, -0.2) is 4.39 Å². The van der Waals surface area contributed by atoms with Crippen molar-refractivity contribution in [3.05, 3.63) is 59.7 Å². The third-order valence-corrected chi connectivity index (χ3v) is 4.06. The number of aliphatic hydroxyl groups is 1. The summed E-state index contributed by atoms with van der Waals surface area (Å²) < 4.78 is 13.5. The van der Waals surface area contributed by atoms with E-state index in [1.807, 2.05) is 19.1 Å². The van der Waals surface area contributed by atoms with E-state index in [1.54, 1.807) is 30.0 Å². The molecule has 0 amide bonds. The van der Waals surface area contributed by atoms with E-state index >= 15 is 0 Å². The first-order valence-electron chi connectivity index (χ1n) is 5.97. The lowest BCUT2D eigenvalue weighted by atomic mass is 10.1. The summed E-state index contributed by atoms with van der Waals surface area (Å²) in [6.45, 7) is 1.99. The zero-order chi connectivity index (χ0) is 13.8. The molecule has 1 atom stereocenters. The van der Waals surface area contributed by atoms with E-state index in [0.717, 1.165) is 10.5 Å². The lowest BCUT2D eigenvalue weighted by Crippen LogP contribution is -2.00. The molecule has 100 valence electrons. The SMILES string of the molecule is CC(Sc1ccc(O)cc1)C1=CC(F)=C(O)C=CC1. The molecule has 0 aromatic heterocycles. The minimum atomic E-state index is -0.595. The predicted octanol–water partition coefficient (Wildman–Crippen LogP) is 4.50. The molecule has 1 unspecified atom stereocenters. The molecule has 4 heteroatoms. The predicted molar refractivity (Wildman–Crippen MR) is 76.0 cm³/mol. The lowest BCUT2D eigenvalue weighted by molar-refractivity contribution is 0.406. The fourth-order valence-corrected chi connectivity index (χ4v) is 2.79. The molecule has 0 bridgehead atoms. The number of halogens is 1. The van der Waals surface area contributed by atoms with Gasteiger partial charge in [-0.2, -0.15) is 0 Å². The van der Waals surface area contributed by atoms with Crippen LogP contribution in [0.5, 0.6) is 5.75 Å². The standard InChI is InChI=1S/C15H15FO2S/c1-10(19-13-7-5-12(17)6-8-13)11-3-2-4-15(18)14(16)9-11/h2,4-10,17-18H,3H2,1H3. The highest BCUT2D eigenvalue weighted by Crippen LogP contribution is 2.32. The van der Waals surface area contributed by atoms with Crippen molar-refractivity contribution in [3.8, 4) is 5.75 Å². The summed E-state index contributed by atoms with van der Waals surface area (Å²) in [7, 11) is 0. The van der Waals surface area contributed by atoms with E-state index in [2.05, 4.69) is 0 Å². The fourth-order valence-electron chi connectivity index (χ4n) is 1.77. The van der Waals surface area contributed by atoms with Crippen LogP contribution in [-0.4, -0.2) is 15.5 Å². The van der Waals surface area contributed by atoms with Gasteiger partial charge in [-0.15, -0.1) is 11.8 Å². The number of aliphatic hydroxyl groups excluding tert-OH is 1. The smallest absolute Gasteiger partial charge is 0.164 e. The summed E-state index contributed by atoms with van der Waals surface area (Å²) in [6, 6.07) is 6.91. The Balaban J connectivity index is 2.12. The minimum Gasteiger partial charge on any atom is -0.508 e. The van der Waals surface area contributed by atoms with Crippen LogP contribution in [0.3, 0.4) is 0 Å². The van der Waals surface area contributed by atoms with Crippen molar-refractivity contribution in [1.82, 2.24) is 0 Å². The Kier molecular flexibility index (Phi) is 4.32. The van der Waals surface area contributed by atoms with Crippen molar-refractivity contribution >= 4 is 11.8 Å². The topological polar surface area (TPSA) is 40.5 Å². The minimum absolute atomic E-state index is 0.0887. The third-order valence-electron chi connectivity index (χ3n) is 2.86. The molecule has 1 aromatic carbocycles. The second-order valence-electron chi connectivity index (χ2n) is 4.31. The molecule has 0 saturated carbocycles. The summed E-state index contributed by atoms with van der Waals surface area (Å²) in [5.41, 5.74) is 0.913. The number of phenols is 1. The van der Waals surface area contributed by atoms with Crippen molar-refractivity contribution in [2.75, 3.05) is 0 Å². The zero-order valence-corrected chi connectivity index (χ0v) is 11.3. The van der Waals surface area contributed by atoms with Crippen molar-refractivity contribution in [1.29, 1.82) is 0 Å². The molecular weight excluding hydrogens is 263 g/mol. The average Bonchev–Trinajstić information content (AvgIpc) is 2.55. The molecule has 0 spiro atoms. The maximum Gasteiger partial charge on any atom is 0.164 e. The number of rotatable bonds is 3. The lowest BCUT2D eigenvalue weighted by Gasteiger charge is -2.14. The van der Waals surface area contributed by atoms with Gasteiger partial charge in [-0.05, 0) is 49.8 Å². The van der Waals surface area contributed by atoms with Gasteiger partial charge in [0.15, 0.2) is 11.6 Å². The van der Waals surface area contributed by atoms with Crippen LogP contribution < -0.4 is 0 Å². The van der Waals surface area contributed by atoms with Gasteiger partial charge in [0.1, 0.15) is 5.75 Å². The average molecular weight is 278 g/mol. The van der Waals surface area contributed by atoms with Crippen LogP contribution in [0.1, 0.15) is 13.3 Å². The first kappa shape index (κ1) is 13.7. The van der Waals surface area contributed by atoms with Gasteiger partial charge in [0.2, 0.25) is 0 Å². The van der Waals surface area contributed by atoms with Crippen LogP contribution in [0, 0.1) is 0 Å². The molecule has 1 aliphatic carbocycles. The van der Waals surface area contributed by atoms with Crippen LogP contribution in [0.15, 0.2) is 64.5 Å². The van der Waals surface area contributed by atoms with Gasteiger partial charge in [-0.3, -0.25) is 0 Å². The normalized spacial score (nSPS) is 17.1. The van der Waals surface area contributed by atoms with Gasteiger partial charge in [0.25, 0.3) is 0 Å². The number of allylic oxidation sites excluding steroid dienone is 4. The molecule has 1 aliphatic rings. The van der Waals surface area contributed by atoms with E-state index in [9.17, 15) is 14.6 Å². The highest BCUT2D eigenvalue weighted by molar-refractivity contribution is 8.00. The first-order valence-corrected chi connectivity index (χ1v) is 6.85. The number of aromatic hydroxyl groups is 1. The van der Waals surface area contributed by atoms with Gasteiger partial charge in [0.05, 0.1) is 0 Å². The van der Waals surface area contributed by atoms with Crippen LogP contribution in [0.25, 0.3) is 0 Å².